The molecule has 2 fully saturated rings. The van der Waals surface area contributed by atoms with Crippen molar-refractivity contribution in [3.63, 3.8) is 0 Å². The highest BCUT2D eigenvalue weighted by Crippen LogP contribution is 2.15. The van der Waals surface area contributed by atoms with E-state index in [4.69, 9.17) is 0 Å². The second kappa shape index (κ2) is 7.86. The molecule has 0 unspecified atom stereocenters. The molecular weight excluding hydrogens is 304 g/mol. The topological polar surface area (TPSA) is 82.9 Å². The minimum absolute atomic E-state index is 0.257. The lowest BCUT2D eigenvalue weighted by Crippen LogP contribution is -2.21. The zero-order valence-electron chi connectivity index (χ0n) is 13.7. The Morgan fingerprint density at radius 1 is 0.667 bits per heavy atom. The molecule has 1 aromatic carbocycles. The summed E-state index contributed by atoms with van der Waals surface area (Å²) in [6.45, 7) is 0. The smallest absolute Gasteiger partial charge is 0.267 e. The van der Waals surface area contributed by atoms with Crippen molar-refractivity contribution in [2.75, 3.05) is 0 Å². The third-order valence-corrected chi connectivity index (χ3v) is 4.40. The maximum atomic E-state index is 12.0. The molecule has 3 rings (SSSR count). The number of nitrogens with one attached hydrogen (secondary N) is 2. The van der Waals surface area contributed by atoms with Gasteiger partial charge in [-0.3, -0.25) is 9.59 Å². The third kappa shape index (κ3) is 4.28. The van der Waals surface area contributed by atoms with Crippen LogP contribution in [-0.4, -0.2) is 23.2 Å². The molecule has 0 aliphatic heterocycles. The first-order valence-corrected chi connectivity index (χ1v) is 8.54. The highest BCUT2D eigenvalue weighted by Gasteiger charge is 2.12. The van der Waals surface area contributed by atoms with Gasteiger partial charge in [-0.15, -0.1) is 0 Å². The van der Waals surface area contributed by atoms with Crippen LogP contribution in [0.1, 0.15) is 72.1 Å². The Hall–Kier alpha value is -2.50. The molecule has 6 heteroatoms. The first kappa shape index (κ1) is 16.4. The summed E-state index contributed by atoms with van der Waals surface area (Å²) in [5.74, 6) is -0.514. The van der Waals surface area contributed by atoms with Gasteiger partial charge >= 0.3 is 0 Å². The number of hydrogen-bond acceptors (Lipinski definition) is 4. The lowest BCUT2D eigenvalue weighted by atomic mass is 10.1. The van der Waals surface area contributed by atoms with Crippen molar-refractivity contribution in [2.45, 2.75) is 51.4 Å². The molecule has 0 aromatic heterocycles. The minimum atomic E-state index is -0.257. The molecule has 0 spiro atoms. The largest absolute Gasteiger partial charge is 0.271 e. The summed E-state index contributed by atoms with van der Waals surface area (Å²) in [5, 5.41) is 8.30. The number of rotatable bonds is 4. The summed E-state index contributed by atoms with van der Waals surface area (Å²) in [6.07, 6.45) is 8.41. The van der Waals surface area contributed by atoms with E-state index in [1.54, 1.807) is 24.3 Å². The monoisotopic (exact) mass is 326 g/mol. The van der Waals surface area contributed by atoms with E-state index in [2.05, 4.69) is 21.1 Å². The minimum Gasteiger partial charge on any atom is -0.267 e. The van der Waals surface area contributed by atoms with Crippen LogP contribution in [0.2, 0.25) is 0 Å². The Balaban J connectivity index is 1.55. The van der Waals surface area contributed by atoms with Crippen molar-refractivity contribution in [3.8, 4) is 0 Å². The number of nitrogens with zero attached hydrogens (tertiary/aromatic N) is 2. The van der Waals surface area contributed by atoms with Gasteiger partial charge in [-0.05, 0) is 75.6 Å². The van der Waals surface area contributed by atoms with E-state index in [9.17, 15) is 9.59 Å². The summed E-state index contributed by atoms with van der Waals surface area (Å²) in [6, 6.07) is 6.51. The SMILES string of the molecule is O=C(NN=C1CCCC1)c1ccc(C(=O)NN=C2CCCC2)cc1. The molecule has 0 heterocycles. The van der Waals surface area contributed by atoms with Gasteiger partial charge in [0.25, 0.3) is 11.8 Å². The van der Waals surface area contributed by atoms with Gasteiger partial charge in [-0.2, -0.15) is 10.2 Å². The average molecular weight is 326 g/mol. The lowest BCUT2D eigenvalue weighted by molar-refractivity contribution is 0.0943. The van der Waals surface area contributed by atoms with Gasteiger partial charge in [0.15, 0.2) is 0 Å². The van der Waals surface area contributed by atoms with E-state index in [0.29, 0.717) is 11.1 Å². The summed E-state index contributed by atoms with van der Waals surface area (Å²) in [5.41, 5.74) is 8.21. The van der Waals surface area contributed by atoms with E-state index in [0.717, 1.165) is 62.8 Å². The highest BCUT2D eigenvalue weighted by atomic mass is 16.2. The molecule has 2 saturated carbocycles. The van der Waals surface area contributed by atoms with Gasteiger partial charge in [0.2, 0.25) is 0 Å². The Kier molecular flexibility index (Phi) is 5.36. The molecule has 0 atom stereocenters. The van der Waals surface area contributed by atoms with E-state index in [-0.39, 0.29) is 11.8 Å². The molecule has 2 aliphatic carbocycles. The molecular formula is C18H22N4O2. The Bertz CT molecular complexity index is 602. The molecule has 24 heavy (non-hydrogen) atoms. The van der Waals surface area contributed by atoms with Crippen molar-refractivity contribution in [3.05, 3.63) is 35.4 Å². The Morgan fingerprint density at radius 2 is 1.00 bits per heavy atom. The van der Waals surface area contributed by atoms with Crippen LogP contribution in [-0.2, 0) is 0 Å². The van der Waals surface area contributed by atoms with Crippen molar-refractivity contribution >= 4 is 23.2 Å². The quantitative estimate of drug-likeness (QED) is 0.834. The molecule has 0 bridgehead atoms. The molecule has 2 amide bonds. The van der Waals surface area contributed by atoms with Gasteiger partial charge in [0, 0.05) is 22.6 Å². The van der Waals surface area contributed by atoms with Gasteiger partial charge < -0.3 is 0 Å². The van der Waals surface area contributed by atoms with Crippen LogP contribution in [0, 0.1) is 0 Å². The molecule has 6 nitrogen and oxygen atoms in total. The maximum Gasteiger partial charge on any atom is 0.271 e. The van der Waals surface area contributed by atoms with E-state index in [1.165, 1.54) is 0 Å². The predicted octanol–water partition coefficient (Wildman–Crippen LogP) is 3.01. The molecule has 1 aromatic rings. The summed E-state index contributed by atoms with van der Waals surface area (Å²) < 4.78 is 0. The summed E-state index contributed by atoms with van der Waals surface area (Å²) in [7, 11) is 0. The van der Waals surface area contributed by atoms with E-state index < -0.39 is 0 Å². The number of amides is 2. The number of carbonyl (C=O) groups excluding carboxylic acids is 2. The summed E-state index contributed by atoms with van der Waals surface area (Å²) >= 11 is 0. The number of hydrogen-bond donors (Lipinski definition) is 2. The van der Waals surface area contributed by atoms with E-state index in [1.807, 2.05) is 0 Å². The fourth-order valence-corrected chi connectivity index (χ4v) is 2.95. The zero-order valence-corrected chi connectivity index (χ0v) is 13.7. The van der Waals surface area contributed by atoms with Crippen molar-refractivity contribution < 1.29 is 9.59 Å². The average Bonchev–Trinajstić information content (AvgIpc) is 3.31. The fraction of sp³-hybridized carbons (Fsp3) is 0.444. The molecule has 2 N–H and O–H groups in total. The molecule has 0 radical (unpaired) electrons. The number of carbonyl (C=O) groups is 2. The lowest BCUT2D eigenvalue weighted by Gasteiger charge is -2.04. The normalized spacial score (nSPS) is 16.8. The highest BCUT2D eigenvalue weighted by molar-refractivity contribution is 5.99. The van der Waals surface area contributed by atoms with Crippen molar-refractivity contribution in [1.82, 2.24) is 10.9 Å². The van der Waals surface area contributed by atoms with Crippen LogP contribution < -0.4 is 10.9 Å². The Morgan fingerprint density at radius 3 is 1.33 bits per heavy atom. The van der Waals surface area contributed by atoms with Gasteiger partial charge in [0.05, 0.1) is 0 Å². The number of hydrazone groups is 2. The van der Waals surface area contributed by atoms with Gasteiger partial charge in [-0.1, -0.05) is 0 Å². The number of benzene rings is 1. The van der Waals surface area contributed by atoms with E-state index >= 15 is 0 Å². The zero-order chi connectivity index (χ0) is 16.8. The third-order valence-electron chi connectivity index (χ3n) is 4.40. The molecule has 2 aliphatic rings. The molecule has 126 valence electrons. The summed E-state index contributed by atoms with van der Waals surface area (Å²) in [4.78, 5) is 24.1. The maximum absolute atomic E-state index is 12.0. The second-order valence-corrected chi connectivity index (χ2v) is 6.23. The van der Waals surface area contributed by atoms with Crippen LogP contribution in [0.3, 0.4) is 0 Å². The van der Waals surface area contributed by atoms with Crippen LogP contribution in [0.4, 0.5) is 0 Å². The predicted molar refractivity (Wildman–Crippen MR) is 93.2 cm³/mol. The van der Waals surface area contributed by atoms with Crippen LogP contribution >= 0.6 is 0 Å². The van der Waals surface area contributed by atoms with Crippen LogP contribution in [0.5, 0.6) is 0 Å². The van der Waals surface area contributed by atoms with Crippen LogP contribution in [0.25, 0.3) is 0 Å². The first-order chi connectivity index (χ1) is 11.7. The van der Waals surface area contributed by atoms with Crippen molar-refractivity contribution in [1.29, 1.82) is 0 Å². The molecule has 0 saturated heterocycles. The fourth-order valence-electron chi connectivity index (χ4n) is 2.95. The standard InChI is InChI=1S/C18H22N4O2/c23-17(21-19-15-5-1-2-6-15)13-9-11-14(12-10-13)18(24)22-20-16-7-3-4-8-16/h9-12H,1-8H2,(H,21,23)(H,22,24). The first-order valence-electron chi connectivity index (χ1n) is 8.54. The Labute approximate surface area is 141 Å². The van der Waals surface area contributed by atoms with Gasteiger partial charge in [-0.25, -0.2) is 10.9 Å². The second-order valence-electron chi connectivity index (χ2n) is 6.23. The van der Waals surface area contributed by atoms with Crippen LogP contribution in [0.15, 0.2) is 34.5 Å². The van der Waals surface area contributed by atoms with Gasteiger partial charge in [0.1, 0.15) is 0 Å². The van der Waals surface area contributed by atoms with Crippen molar-refractivity contribution in [2.24, 2.45) is 10.2 Å².